The van der Waals surface area contributed by atoms with Crippen molar-refractivity contribution in [1.82, 2.24) is 0 Å². The maximum atomic E-state index is 10.2. The van der Waals surface area contributed by atoms with Crippen LogP contribution in [0.4, 0.5) is 0 Å². The lowest BCUT2D eigenvalue weighted by atomic mass is 10.0. The number of halogens is 1. The predicted octanol–water partition coefficient (Wildman–Crippen LogP) is 0.198. The highest BCUT2D eigenvalue weighted by molar-refractivity contribution is 8.93. The van der Waals surface area contributed by atoms with Crippen LogP contribution in [0.15, 0.2) is 0 Å². The van der Waals surface area contributed by atoms with Crippen molar-refractivity contribution in [3.8, 4) is 0 Å². The quantitative estimate of drug-likeness (QED) is 0.724. The molecule has 4 nitrogen and oxygen atoms in total. The zero-order chi connectivity index (χ0) is 7.44. The molecule has 0 unspecified atom stereocenters. The zero-order valence-corrected chi connectivity index (χ0v) is 8.42. The van der Waals surface area contributed by atoms with Crippen molar-refractivity contribution in [2.24, 2.45) is 11.7 Å². The molecule has 0 radical (unpaired) electrons. The second kappa shape index (κ2) is 7.97. The Bertz CT molecular complexity index is 110. The van der Waals surface area contributed by atoms with Crippen molar-refractivity contribution >= 4 is 23.0 Å². The van der Waals surface area contributed by atoms with Crippen LogP contribution in [0.1, 0.15) is 20.3 Å². The Morgan fingerprint density at radius 1 is 1.64 bits per heavy atom. The van der Waals surface area contributed by atoms with E-state index in [1.54, 1.807) is 0 Å². The van der Waals surface area contributed by atoms with E-state index in [-0.39, 0.29) is 28.4 Å². The van der Waals surface area contributed by atoms with Crippen LogP contribution >= 0.6 is 17.0 Å². The first-order valence-electron chi connectivity index (χ1n) is 3.08. The molecular formula is C6H16BrNO3. The fourth-order valence-corrected chi connectivity index (χ4v) is 0.497. The Hall–Kier alpha value is -0.130. The molecule has 5 N–H and O–H groups in total. The third kappa shape index (κ3) is 6.28. The highest BCUT2D eigenvalue weighted by Gasteiger charge is 2.17. The van der Waals surface area contributed by atoms with Crippen molar-refractivity contribution < 1.29 is 15.4 Å². The van der Waals surface area contributed by atoms with Crippen molar-refractivity contribution in [1.29, 1.82) is 0 Å². The van der Waals surface area contributed by atoms with E-state index in [1.807, 2.05) is 13.8 Å². The smallest absolute Gasteiger partial charge is 0.320 e. The minimum Gasteiger partial charge on any atom is -0.480 e. The number of carbonyl (C=O) groups is 1. The normalized spacial score (nSPS) is 13.7. The Morgan fingerprint density at radius 3 is 2.09 bits per heavy atom. The van der Waals surface area contributed by atoms with Crippen LogP contribution in [-0.2, 0) is 4.79 Å². The maximum Gasteiger partial charge on any atom is 0.320 e. The third-order valence-electron chi connectivity index (χ3n) is 1.54. The lowest BCUT2D eigenvalue weighted by Gasteiger charge is -2.11. The molecule has 0 bridgehead atoms. The van der Waals surface area contributed by atoms with Crippen molar-refractivity contribution in [3.63, 3.8) is 0 Å². The van der Waals surface area contributed by atoms with E-state index in [0.29, 0.717) is 0 Å². The molecule has 0 aliphatic heterocycles. The fraction of sp³-hybridized carbons (Fsp3) is 0.833. The van der Waals surface area contributed by atoms with Crippen molar-refractivity contribution in [3.05, 3.63) is 0 Å². The van der Waals surface area contributed by atoms with Gasteiger partial charge in [-0.1, -0.05) is 20.3 Å². The molecular weight excluding hydrogens is 214 g/mol. The van der Waals surface area contributed by atoms with Crippen LogP contribution in [0.2, 0.25) is 0 Å². The molecule has 0 aliphatic carbocycles. The van der Waals surface area contributed by atoms with E-state index in [0.717, 1.165) is 6.42 Å². The molecule has 2 atom stereocenters. The predicted molar refractivity (Wildman–Crippen MR) is 49.0 cm³/mol. The van der Waals surface area contributed by atoms with Crippen LogP contribution in [-0.4, -0.2) is 22.6 Å². The molecule has 0 amide bonds. The summed E-state index contributed by atoms with van der Waals surface area (Å²) < 4.78 is 0. The number of carboxylic acid groups (broad SMARTS) is 1. The monoisotopic (exact) mass is 229 g/mol. The summed E-state index contributed by atoms with van der Waals surface area (Å²) in [5, 5.41) is 8.36. The Morgan fingerprint density at radius 2 is 2.00 bits per heavy atom. The van der Waals surface area contributed by atoms with Crippen molar-refractivity contribution in [2.45, 2.75) is 26.3 Å². The van der Waals surface area contributed by atoms with E-state index in [9.17, 15) is 4.79 Å². The average molecular weight is 230 g/mol. The van der Waals surface area contributed by atoms with Crippen molar-refractivity contribution in [2.75, 3.05) is 0 Å². The van der Waals surface area contributed by atoms with Gasteiger partial charge in [-0.25, -0.2) is 0 Å². The molecule has 0 spiro atoms. The molecule has 0 heterocycles. The zero-order valence-electron chi connectivity index (χ0n) is 6.70. The van der Waals surface area contributed by atoms with Crippen LogP contribution < -0.4 is 5.73 Å². The van der Waals surface area contributed by atoms with Gasteiger partial charge in [0.25, 0.3) is 0 Å². The van der Waals surface area contributed by atoms with Gasteiger partial charge in [-0.3, -0.25) is 4.79 Å². The molecule has 5 heteroatoms. The van der Waals surface area contributed by atoms with Gasteiger partial charge in [-0.15, -0.1) is 17.0 Å². The summed E-state index contributed by atoms with van der Waals surface area (Å²) in [4.78, 5) is 10.2. The molecule has 0 aromatic carbocycles. The van der Waals surface area contributed by atoms with Gasteiger partial charge >= 0.3 is 5.97 Å². The Balaban J connectivity index is -0.000000320. The minimum absolute atomic E-state index is 0. The number of nitrogens with two attached hydrogens (primary N) is 1. The topological polar surface area (TPSA) is 94.8 Å². The SMILES string of the molecule is Br.CC[C@H](C)[C@H](N)C(=O)O.O. The second-order valence-corrected chi connectivity index (χ2v) is 2.25. The van der Waals surface area contributed by atoms with E-state index in [4.69, 9.17) is 10.8 Å². The lowest BCUT2D eigenvalue weighted by Crippen LogP contribution is -2.36. The summed E-state index contributed by atoms with van der Waals surface area (Å²) in [5.41, 5.74) is 5.27. The first kappa shape index (κ1) is 17.1. The molecule has 0 saturated heterocycles. The number of rotatable bonds is 3. The van der Waals surface area contributed by atoms with Crippen LogP contribution in [0, 0.1) is 5.92 Å². The van der Waals surface area contributed by atoms with Gasteiger partial charge in [-0.05, 0) is 5.92 Å². The van der Waals surface area contributed by atoms with Gasteiger partial charge in [0, 0.05) is 0 Å². The van der Waals surface area contributed by atoms with Gasteiger partial charge < -0.3 is 16.3 Å². The lowest BCUT2D eigenvalue weighted by molar-refractivity contribution is -0.139. The molecule has 0 aliphatic rings. The van der Waals surface area contributed by atoms with Crippen LogP contribution in [0.3, 0.4) is 0 Å². The Labute approximate surface area is 76.9 Å². The number of hydrogen-bond acceptors (Lipinski definition) is 2. The van der Waals surface area contributed by atoms with Crippen LogP contribution in [0.25, 0.3) is 0 Å². The van der Waals surface area contributed by atoms with Gasteiger partial charge in [0.05, 0.1) is 0 Å². The van der Waals surface area contributed by atoms with Gasteiger partial charge in [0.1, 0.15) is 6.04 Å². The van der Waals surface area contributed by atoms with E-state index >= 15 is 0 Å². The summed E-state index contributed by atoms with van der Waals surface area (Å²) in [6.07, 6.45) is 0.813. The van der Waals surface area contributed by atoms with Gasteiger partial charge in [0.2, 0.25) is 0 Å². The van der Waals surface area contributed by atoms with E-state index in [1.165, 1.54) is 0 Å². The second-order valence-electron chi connectivity index (χ2n) is 2.25. The van der Waals surface area contributed by atoms with E-state index < -0.39 is 12.0 Å². The molecule has 0 saturated carbocycles. The van der Waals surface area contributed by atoms with Gasteiger partial charge in [0.15, 0.2) is 0 Å². The largest absolute Gasteiger partial charge is 0.480 e. The van der Waals surface area contributed by atoms with Gasteiger partial charge in [-0.2, -0.15) is 0 Å². The summed E-state index contributed by atoms with van der Waals surface area (Å²) in [5.74, 6) is -0.841. The first-order chi connectivity index (χ1) is 4.09. The highest BCUT2D eigenvalue weighted by Crippen LogP contribution is 2.04. The number of aliphatic carboxylic acids is 1. The number of carboxylic acids is 1. The summed E-state index contributed by atoms with van der Waals surface area (Å²) >= 11 is 0. The third-order valence-corrected chi connectivity index (χ3v) is 1.54. The molecule has 0 fully saturated rings. The Kier molecular flexibility index (Phi) is 12.4. The summed E-state index contributed by atoms with van der Waals surface area (Å²) in [6, 6.07) is -0.699. The minimum atomic E-state index is -0.913. The molecule has 0 aromatic heterocycles. The van der Waals surface area contributed by atoms with Crippen LogP contribution in [0.5, 0.6) is 0 Å². The average Bonchev–Trinajstić information content (AvgIpc) is 1.84. The van der Waals surface area contributed by atoms with E-state index in [2.05, 4.69) is 0 Å². The number of hydrogen-bond donors (Lipinski definition) is 2. The first-order valence-corrected chi connectivity index (χ1v) is 3.08. The molecule has 11 heavy (non-hydrogen) atoms. The fourth-order valence-electron chi connectivity index (χ4n) is 0.497. The maximum absolute atomic E-state index is 10.2. The summed E-state index contributed by atoms with van der Waals surface area (Å²) in [7, 11) is 0. The molecule has 0 aromatic rings. The standard InChI is InChI=1S/C6H13NO2.BrH.H2O/c1-3-4(2)5(7)6(8)9;;/h4-5H,3,7H2,1-2H3,(H,8,9);1H;1H2/t4-,5-;;/m0../s1. The highest BCUT2D eigenvalue weighted by atomic mass is 79.9. The molecule has 0 rings (SSSR count). The molecule has 70 valence electrons. The summed E-state index contributed by atoms with van der Waals surface area (Å²) in [6.45, 7) is 3.76.